The molecule has 0 aliphatic rings. The van der Waals surface area contributed by atoms with Crippen LogP contribution in [0.3, 0.4) is 0 Å². The molecular formula is C44H74O6. The molecule has 0 N–H and O–H groups in total. The van der Waals surface area contributed by atoms with Crippen molar-refractivity contribution in [3.05, 3.63) is 60.8 Å². The van der Waals surface area contributed by atoms with Crippen molar-refractivity contribution in [3.63, 3.8) is 0 Å². The Balaban J connectivity index is 4.48. The standard InChI is InChI=1S/C44H74O6/c1-4-7-10-13-16-19-22-23-26-28-31-34-37-43(46)49-40-41(50-44(47)38-35-32-29-25-21-18-15-12-9-6-3)39-48-42(45)36-33-30-27-24-20-17-14-11-8-5-2/h7,10,14-19,23,26,41H,4-6,8-9,11-13,20-22,24-25,27-40H2,1-3H3/b10-7-,17-14-,18-15-,19-16-,26-23-. The van der Waals surface area contributed by atoms with Crippen LogP contribution in [0, 0.1) is 0 Å². The van der Waals surface area contributed by atoms with E-state index in [2.05, 4.69) is 81.5 Å². The van der Waals surface area contributed by atoms with E-state index in [9.17, 15) is 14.4 Å². The average molecular weight is 699 g/mol. The second-order valence-corrected chi connectivity index (χ2v) is 13.2. The zero-order valence-electron chi connectivity index (χ0n) is 32.4. The lowest BCUT2D eigenvalue weighted by Crippen LogP contribution is -2.30. The van der Waals surface area contributed by atoms with Crippen molar-refractivity contribution in [2.24, 2.45) is 0 Å². The third kappa shape index (κ3) is 36.4. The highest BCUT2D eigenvalue weighted by Gasteiger charge is 2.19. The van der Waals surface area contributed by atoms with Gasteiger partial charge in [0.05, 0.1) is 0 Å². The van der Waals surface area contributed by atoms with Gasteiger partial charge in [-0.3, -0.25) is 14.4 Å². The lowest BCUT2D eigenvalue weighted by atomic mass is 10.1. The van der Waals surface area contributed by atoms with E-state index in [1.807, 2.05) is 0 Å². The first-order valence-electron chi connectivity index (χ1n) is 20.3. The number of esters is 3. The predicted octanol–water partition coefficient (Wildman–Crippen LogP) is 12.6. The Morgan fingerprint density at radius 2 is 0.780 bits per heavy atom. The fourth-order valence-corrected chi connectivity index (χ4v) is 5.12. The molecular weight excluding hydrogens is 624 g/mol. The number of hydrogen-bond donors (Lipinski definition) is 0. The molecule has 0 radical (unpaired) electrons. The molecule has 1 atom stereocenters. The molecule has 0 aromatic carbocycles. The zero-order chi connectivity index (χ0) is 36.6. The first-order valence-corrected chi connectivity index (χ1v) is 20.3. The van der Waals surface area contributed by atoms with E-state index in [4.69, 9.17) is 14.2 Å². The molecule has 0 aromatic heterocycles. The van der Waals surface area contributed by atoms with Crippen LogP contribution in [-0.4, -0.2) is 37.2 Å². The normalized spacial score (nSPS) is 12.6. The summed E-state index contributed by atoms with van der Waals surface area (Å²) in [6, 6.07) is 0. The van der Waals surface area contributed by atoms with Crippen molar-refractivity contribution in [1.82, 2.24) is 0 Å². The Kier molecular flexibility index (Phi) is 36.7. The van der Waals surface area contributed by atoms with E-state index in [0.29, 0.717) is 19.3 Å². The lowest BCUT2D eigenvalue weighted by molar-refractivity contribution is -0.167. The third-order valence-corrected chi connectivity index (χ3v) is 8.23. The second-order valence-electron chi connectivity index (χ2n) is 13.2. The second kappa shape index (κ2) is 38.9. The molecule has 0 saturated carbocycles. The van der Waals surface area contributed by atoms with Gasteiger partial charge >= 0.3 is 17.9 Å². The number of hydrogen-bond acceptors (Lipinski definition) is 6. The van der Waals surface area contributed by atoms with Crippen molar-refractivity contribution in [1.29, 1.82) is 0 Å². The Morgan fingerprint density at radius 3 is 1.26 bits per heavy atom. The Hall–Kier alpha value is -2.89. The quantitative estimate of drug-likeness (QED) is 0.0284. The first-order chi connectivity index (χ1) is 24.5. The molecule has 50 heavy (non-hydrogen) atoms. The van der Waals surface area contributed by atoms with Crippen LogP contribution >= 0.6 is 0 Å². The molecule has 0 heterocycles. The molecule has 1 unspecified atom stereocenters. The molecule has 6 nitrogen and oxygen atoms in total. The van der Waals surface area contributed by atoms with E-state index in [1.54, 1.807) is 0 Å². The number of ether oxygens (including phenoxy) is 3. The molecule has 0 rings (SSSR count). The van der Waals surface area contributed by atoms with Gasteiger partial charge in [-0.2, -0.15) is 0 Å². The highest BCUT2D eigenvalue weighted by molar-refractivity contribution is 5.71. The Morgan fingerprint density at radius 1 is 0.420 bits per heavy atom. The summed E-state index contributed by atoms with van der Waals surface area (Å²) in [5, 5.41) is 0. The summed E-state index contributed by atoms with van der Waals surface area (Å²) < 4.78 is 16.5. The minimum Gasteiger partial charge on any atom is -0.462 e. The molecule has 0 spiro atoms. The van der Waals surface area contributed by atoms with Gasteiger partial charge in [-0.15, -0.1) is 0 Å². The van der Waals surface area contributed by atoms with Crippen molar-refractivity contribution < 1.29 is 28.6 Å². The number of carbonyl (C=O) groups excluding carboxylic acids is 3. The molecule has 0 aliphatic heterocycles. The van der Waals surface area contributed by atoms with Gasteiger partial charge in [0, 0.05) is 19.3 Å². The maximum atomic E-state index is 12.6. The van der Waals surface area contributed by atoms with Crippen molar-refractivity contribution in [2.45, 2.75) is 187 Å². The molecule has 0 aliphatic carbocycles. The molecule has 0 saturated heterocycles. The topological polar surface area (TPSA) is 78.9 Å². The minimum absolute atomic E-state index is 0.0983. The van der Waals surface area contributed by atoms with Gasteiger partial charge in [0.15, 0.2) is 6.10 Å². The van der Waals surface area contributed by atoms with Crippen LogP contribution in [0.25, 0.3) is 0 Å². The number of unbranched alkanes of at least 4 members (excludes halogenated alkanes) is 14. The van der Waals surface area contributed by atoms with E-state index in [-0.39, 0.29) is 31.1 Å². The Labute approximate surface area is 307 Å². The summed E-state index contributed by atoms with van der Waals surface area (Å²) in [7, 11) is 0. The van der Waals surface area contributed by atoms with Crippen LogP contribution in [0.15, 0.2) is 60.8 Å². The van der Waals surface area contributed by atoms with E-state index in [0.717, 1.165) is 116 Å². The maximum absolute atomic E-state index is 12.6. The van der Waals surface area contributed by atoms with Crippen LogP contribution in [-0.2, 0) is 28.6 Å². The monoisotopic (exact) mass is 699 g/mol. The summed E-state index contributed by atoms with van der Waals surface area (Å²) in [4.78, 5) is 37.5. The van der Waals surface area contributed by atoms with Gasteiger partial charge in [-0.1, -0.05) is 133 Å². The first kappa shape index (κ1) is 47.1. The van der Waals surface area contributed by atoms with Crippen molar-refractivity contribution >= 4 is 17.9 Å². The molecule has 286 valence electrons. The minimum atomic E-state index is -0.795. The SMILES string of the molecule is CC/C=C\C/C=C\C/C=C\CCCCC(=O)OCC(COC(=O)CCCCCC/C=C\CCCC)OC(=O)CCCCCC/C=C\CCCC. The van der Waals surface area contributed by atoms with Crippen LogP contribution < -0.4 is 0 Å². The smallest absolute Gasteiger partial charge is 0.306 e. The third-order valence-electron chi connectivity index (χ3n) is 8.23. The number of allylic oxidation sites excluding steroid dienone is 10. The van der Waals surface area contributed by atoms with E-state index >= 15 is 0 Å². The van der Waals surface area contributed by atoms with Gasteiger partial charge in [-0.25, -0.2) is 0 Å². The number of carbonyl (C=O) groups is 3. The van der Waals surface area contributed by atoms with Crippen molar-refractivity contribution in [3.8, 4) is 0 Å². The van der Waals surface area contributed by atoms with E-state index < -0.39 is 6.10 Å². The predicted molar refractivity (Wildman–Crippen MR) is 210 cm³/mol. The number of rotatable bonds is 35. The van der Waals surface area contributed by atoms with Gasteiger partial charge in [-0.05, 0) is 89.9 Å². The Bertz CT molecular complexity index is 944. The average Bonchev–Trinajstić information content (AvgIpc) is 3.11. The fourth-order valence-electron chi connectivity index (χ4n) is 5.12. The van der Waals surface area contributed by atoms with Crippen LogP contribution in [0.1, 0.15) is 181 Å². The summed E-state index contributed by atoms with van der Waals surface area (Å²) in [6.45, 7) is 6.34. The fraction of sp³-hybridized carbons (Fsp3) is 0.705. The van der Waals surface area contributed by atoms with Gasteiger partial charge in [0.2, 0.25) is 0 Å². The van der Waals surface area contributed by atoms with Crippen LogP contribution in [0.4, 0.5) is 0 Å². The molecule has 0 aromatic rings. The van der Waals surface area contributed by atoms with Crippen molar-refractivity contribution in [2.75, 3.05) is 13.2 Å². The van der Waals surface area contributed by atoms with Gasteiger partial charge in [0.25, 0.3) is 0 Å². The largest absolute Gasteiger partial charge is 0.462 e. The highest BCUT2D eigenvalue weighted by Crippen LogP contribution is 2.11. The van der Waals surface area contributed by atoms with Gasteiger partial charge in [0.1, 0.15) is 13.2 Å². The summed E-state index contributed by atoms with van der Waals surface area (Å²) in [5.74, 6) is -0.977. The summed E-state index contributed by atoms with van der Waals surface area (Å²) in [5.41, 5.74) is 0. The van der Waals surface area contributed by atoms with Crippen LogP contribution in [0.2, 0.25) is 0 Å². The zero-order valence-corrected chi connectivity index (χ0v) is 32.4. The van der Waals surface area contributed by atoms with E-state index in [1.165, 1.54) is 25.7 Å². The molecule has 6 heteroatoms. The summed E-state index contributed by atoms with van der Waals surface area (Å²) in [6.07, 6.45) is 45.0. The molecule has 0 bridgehead atoms. The maximum Gasteiger partial charge on any atom is 0.306 e. The van der Waals surface area contributed by atoms with Gasteiger partial charge < -0.3 is 14.2 Å². The molecule has 0 fully saturated rings. The molecule has 0 amide bonds. The lowest BCUT2D eigenvalue weighted by Gasteiger charge is -2.18. The highest BCUT2D eigenvalue weighted by atomic mass is 16.6. The summed E-state index contributed by atoms with van der Waals surface area (Å²) >= 11 is 0. The van der Waals surface area contributed by atoms with Crippen LogP contribution in [0.5, 0.6) is 0 Å².